The summed E-state index contributed by atoms with van der Waals surface area (Å²) in [6.07, 6.45) is 6.63. The third-order valence-electron chi connectivity index (χ3n) is 7.60. The standard InChI is InChI=1S/C27H30N6O2/c1-17-14-18-8-6-7-11-24(18)32(17)25(26-29-30-31-33(26)20-9-4-3-5-10-20)22-16-19-15-21(35-2)12-13-23(19)28-27(22)34/h6-8,11-13,15-17,20,25H,3-5,9-10,14H2,1-2H3,(H,28,34)/t17-,25-/m0/s1. The molecule has 6 rings (SSSR count). The van der Waals surface area contributed by atoms with Crippen LogP contribution in [-0.4, -0.2) is 38.3 Å². The first-order chi connectivity index (χ1) is 17.1. The molecule has 1 aliphatic heterocycles. The quantitative estimate of drug-likeness (QED) is 0.460. The van der Waals surface area contributed by atoms with Crippen molar-refractivity contribution in [3.05, 3.63) is 75.8 Å². The van der Waals surface area contributed by atoms with Gasteiger partial charge in [-0.05, 0) is 72.5 Å². The molecule has 0 unspecified atom stereocenters. The summed E-state index contributed by atoms with van der Waals surface area (Å²) in [5, 5.41) is 14.0. The van der Waals surface area contributed by atoms with Crippen LogP contribution in [0.5, 0.6) is 5.75 Å². The van der Waals surface area contributed by atoms with Crippen molar-refractivity contribution in [1.29, 1.82) is 0 Å². The molecule has 0 radical (unpaired) electrons. The van der Waals surface area contributed by atoms with Crippen LogP contribution in [0, 0.1) is 0 Å². The van der Waals surface area contributed by atoms with Crippen molar-refractivity contribution in [2.45, 2.75) is 63.6 Å². The molecule has 2 aromatic carbocycles. The second kappa shape index (κ2) is 8.83. The van der Waals surface area contributed by atoms with Crippen molar-refractivity contribution in [2.75, 3.05) is 12.0 Å². The molecule has 0 spiro atoms. The van der Waals surface area contributed by atoms with Crippen LogP contribution in [0.2, 0.25) is 0 Å². The highest BCUT2D eigenvalue weighted by atomic mass is 16.5. The fourth-order valence-corrected chi connectivity index (χ4v) is 5.89. The van der Waals surface area contributed by atoms with E-state index in [1.54, 1.807) is 7.11 Å². The second-order valence-electron chi connectivity index (χ2n) is 9.77. The van der Waals surface area contributed by atoms with E-state index in [1.165, 1.54) is 24.8 Å². The maximum Gasteiger partial charge on any atom is 0.254 e. The van der Waals surface area contributed by atoms with Crippen LogP contribution < -0.4 is 15.2 Å². The van der Waals surface area contributed by atoms with Gasteiger partial charge in [-0.25, -0.2) is 4.68 Å². The Morgan fingerprint density at radius 3 is 2.74 bits per heavy atom. The Morgan fingerprint density at radius 1 is 1.09 bits per heavy atom. The molecule has 35 heavy (non-hydrogen) atoms. The molecule has 3 heterocycles. The van der Waals surface area contributed by atoms with Gasteiger partial charge in [0.05, 0.1) is 13.2 Å². The van der Waals surface area contributed by atoms with Crippen molar-refractivity contribution in [3.8, 4) is 5.75 Å². The molecule has 8 heteroatoms. The van der Waals surface area contributed by atoms with Gasteiger partial charge in [-0.3, -0.25) is 4.79 Å². The second-order valence-corrected chi connectivity index (χ2v) is 9.77. The Bertz CT molecular complexity index is 1420. The number of para-hydroxylation sites is 1. The Labute approximate surface area is 203 Å². The summed E-state index contributed by atoms with van der Waals surface area (Å²) in [5.74, 6) is 1.48. The van der Waals surface area contributed by atoms with Gasteiger partial charge in [-0.1, -0.05) is 37.5 Å². The summed E-state index contributed by atoms with van der Waals surface area (Å²) in [4.78, 5) is 19.0. The summed E-state index contributed by atoms with van der Waals surface area (Å²) < 4.78 is 7.44. The predicted octanol–water partition coefficient (Wildman–Crippen LogP) is 4.57. The molecule has 0 saturated heterocycles. The van der Waals surface area contributed by atoms with Crippen LogP contribution in [0.25, 0.3) is 10.9 Å². The van der Waals surface area contributed by atoms with E-state index in [1.807, 2.05) is 28.9 Å². The van der Waals surface area contributed by atoms with Crippen LogP contribution in [0.4, 0.5) is 5.69 Å². The number of nitrogens with one attached hydrogen (secondary N) is 1. The Hall–Kier alpha value is -3.68. The van der Waals surface area contributed by atoms with Crippen LogP contribution >= 0.6 is 0 Å². The first-order valence-electron chi connectivity index (χ1n) is 12.5. The number of nitrogens with zero attached hydrogens (tertiary/aromatic N) is 5. The smallest absolute Gasteiger partial charge is 0.254 e. The topological polar surface area (TPSA) is 88.9 Å². The van der Waals surface area contributed by atoms with Gasteiger partial charge in [0, 0.05) is 28.2 Å². The lowest BCUT2D eigenvalue weighted by Gasteiger charge is -2.34. The maximum atomic E-state index is 13.6. The number of aromatic nitrogens is 5. The number of H-pyrrole nitrogens is 1. The fraction of sp³-hybridized carbons (Fsp3) is 0.407. The zero-order valence-corrected chi connectivity index (χ0v) is 20.1. The molecule has 2 atom stereocenters. The summed E-state index contributed by atoms with van der Waals surface area (Å²) in [6.45, 7) is 2.21. The highest BCUT2D eigenvalue weighted by molar-refractivity contribution is 5.81. The third-order valence-corrected chi connectivity index (χ3v) is 7.60. The van der Waals surface area contributed by atoms with Gasteiger partial charge in [0.2, 0.25) is 0 Å². The maximum absolute atomic E-state index is 13.6. The minimum absolute atomic E-state index is 0.123. The average Bonchev–Trinajstić information content (AvgIpc) is 3.50. The van der Waals surface area contributed by atoms with E-state index in [9.17, 15) is 4.79 Å². The van der Waals surface area contributed by atoms with E-state index in [4.69, 9.17) is 4.74 Å². The summed E-state index contributed by atoms with van der Waals surface area (Å²) >= 11 is 0. The molecular formula is C27H30N6O2. The average molecular weight is 471 g/mol. The molecule has 180 valence electrons. The Kier molecular flexibility index (Phi) is 5.51. The lowest BCUT2D eigenvalue weighted by Crippen LogP contribution is -2.39. The molecular weight excluding hydrogens is 440 g/mol. The van der Waals surface area contributed by atoms with Gasteiger partial charge in [0.1, 0.15) is 11.8 Å². The number of fused-ring (bicyclic) bond motifs is 2. The van der Waals surface area contributed by atoms with Crippen LogP contribution in [0.15, 0.2) is 53.3 Å². The molecule has 1 fully saturated rings. The van der Waals surface area contributed by atoms with Gasteiger partial charge in [-0.2, -0.15) is 0 Å². The zero-order chi connectivity index (χ0) is 23.9. The molecule has 2 aromatic heterocycles. The Balaban J connectivity index is 1.56. The van der Waals surface area contributed by atoms with Crippen molar-refractivity contribution in [3.63, 3.8) is 0 Å². The normalized spacial score (nSPS) is 19.1. The molecule has 2 aliphatic rings. The van der Waals surface area contributed by atoms with E-state index >= 15 is 0 Å². The van der Waals surface area contributed by atoms with Gasteiger partial charge in [0.15, 0.2) is 5.82 Å². The van der Waals surface area contributed by atoms with Gasteiger partial charge < -0.3 is 14.6 Å². The first kappa shape index (κ1) is 21.8. The number of methoxy groups -OCH3 is 1. The van der Waals surface area contributed by atoms with Gasteiger partial charge in [0.25, 0.3) is 5.56 Å². The summed E-state index contributed by atoms with van der Waals surface area (Å²) in [6, 6.07) is 16.1. The number of anilines is 1. The lowest BCUT2D eigenvalue weighted by atomic mass is 9.95. The minimum atomic E-state index is -0.412. The SMILES string of the molecule is COc1ccc2[nH]c(=O)c([C@@H](c3nnnn3C3CCCCC3)N3c4ccccc4C[C@@H]3C)cc2c1. The number of aromatic amines is 1. The highest BCUT2D eigenvalue weighted by Gasteiger charge is 2.38. The minimum Gasteiger partial charge on any atom is -0.497 e. The van der Waals surface area contributed by atoms with E-state index in [2.05, 4.69) is 56.6 Å². The van der Waals surface area contributed by atoms with E-state index in [0.29, 0.717) is 5.56 Å². The molecule has 1 aliphatic carbocycles. The highest BCUT2D eigenvalue weighted by Crippen LogP contribution is 2.42. The fourth-order valence-electron chi connectivity index (χ4n) is 5.89. The molecule has 0 bridgehead atoms. The summed E-state index contributed by atoms with van der Waals surface area (Å²) in [5.41, 5.74) is 3.71. The number of ether oxygens (including phenoxy) is 1. The number of rotatable bonds is 5. The molecule has 8 nitrogen and oxygen atoms in total. The van der Waals surface area contributed by atoms with Crippen molar-refractivity contribution in [2.24, 2.45) is 0 Å². The molecule has 1 saturated carbocycles. The largest absolute Gasteiger partial charge is 0.497 e. The molecule has 1 N–H and O–H groups in total. The Morgan fingerprint density at radius 2 is 1.91 bits per heavy atom. The van der Waals surface area contributed by atoms with E-state index < -0.39 is 6.04 Å². The van der Waals surface area contributed by atoms with Crippen molar-refractivity contribution >= 4 is 16.6 Å². The van der Waals surface area contributed by atoms with Crippen molar-refractivity contribution in [1.82, 2.24) is 25.2 Å². The van der Waals surface area contributed by atoms with Crippen LogP contribution in [-0.2, 0) is 6.42 Å². The van der Waals surface area contributed by atoms with Crippen LogP contribution in [0.3, 0.4) is 0 Å². The van der Waals surface area contributed by atoms with Crippen molar-refractivity contribution < 1.29 is 4.74 Å². The van der Waals surface area contributed by atoms with Gasteiger partial charge in [-0.15, -0.1) is 5.10 Å². The summed E-state index contributed by atoms with van der Waals surface area (Å²) in [7, 11) is 1.65. The third kappa shape index (κ3) is 3.77. The number of hydrogen-bond acceptors (Lipinski definition) is 6. The predicted molar refractivity (Wildman–Crippen MR) is 135 cm³/mol. The monoisotopic (exact) mass is 470 g/mol. The molecule has 0 amide bonds. The lowest BCUT2D eigenvalue weighted by molar-refractivity contribution is 0.312. The first-order valence-corrected chi connectivity index (χ1v) is 12.5. The number of tetrazole rings is 1. The zero-order valence-electron chi connectivity index (χ0n) is 20.1. The van der Waals surface area contributed by atoms with E-state index in [-0.39, 0.29) is 17.6 Å². The number of benzene rings is 2. The van der Waals surface area contributed by atoms with Gasteiger partial charge >= 0.3 is 0 Å². The van der Waals surface area contributed by atoms with E-state index in [0.717, 1.165) is 47.4 Å². The number of pyridine rings is 1. The number of hydrogen-bond donors (Lipinski definition) is 1. The van der Waals surface area contributed by atoms with Crippen LogP contribution in [0.1, 0.15) is 68.1 Å². The molecule has 4 aromatic rings.